The van der Waals surface area contributed by atoms with Gasteiger partial charge in [-0.3, -0.25) is 0 Å². The molecule has 1 nitrogen and oxygen atoms in total. The van der Waals surface area contributed by atoms with Gasteiger partial charge in [0.2, 0.25) is 0 Å². The summed E-state index contributed by atoms with van der Waals surface area (Å²) >= 11 is 1.86. The van der Waals surface area contributed by atoms with Crippen LogP contribution in [-0.4, -0.2) is 0 Å². The highest BCUT2D eigenvalue weighted by atomic mass is 32.1. The van der Waals surface area contributed by atoms with Gasteiger partial charge in [0, 0.05) is 31.5 Å². The second-order valence-electron chi connectivity index (χ2n) is 6.38. The molecule has 26 heavy (non-hydrogen) atoms. The molecule has 2 heteroatoms. The predicted molar refractivity (Wildman–Crippen MR) is 114 cm³/mol. The first-order valence-electron chi connectivity index (χ1n) is 8.71. The van der Waals surface area contributed by atoms with Crippen LogP contribution < -0.4 is 5.32 Å². The molecule has 0 radical (unpaired) electrons. The summed E-state index contributed by atoms with van der Waals surface area (Å²) in [6, 6.07) is 34.3. The molecule has 0 unspecified atom stereocenters. The molecule has 0 atom stereocenters. The van der Waals surface area contributed by atoms with E-state index in [9.17, 15) is 0 Å². The van der Waals surface area contributed by atoms with Crippen LogP contribution in [0.25, 0.3) is 31.3 Å². The van der Waals surface area contributed by atoms with E-state index in [0.29, 0.717) is 0 Å². The Hall–Kier alpha value is -3.10. The third kappa shape index (κ3) is 2.75. The number of anilines is 2. The van der Waals surface area contributed by atoms with Crippen LogP contribution >= 0.6 is 11.3 Å². The minimum absolute atomic E-state index is 1.10. The number of hydrogen-bond acceptors (Lipinski definition) is 2. The number of hydrogen-bond donors (Lipinski definition) is 1. The fourth-order valence-corrected chi connectivity index (χ4v) is 4.43. The van der Waals surface area contributed by atoms with Crippen molar-refractivity contribution in [3.05, 3.63) is 97.1 Å². The molecule has 5 aromatic rings. The van der Waals surface area contributed by atoms with Gasteiger partial charge in [-0.1, -0.05) is 54.6 Å². The molecule has 0 saturated carbocycles. The topological polar surface area (TPSA) is 12.0 Å². The fraction of sp³-hybridized carbons (Fsp3) is 0. The van der Waals surface area contributed by atoms with E-state index in [1.54, 1.807) is 0 Å². The standard InChI is InChI=1S/C24H17NS/c1-2-6-19(7-3-1)25-20-13-10-17(11-14-20)18-12-15-24-22(16-18)21-8-4-5-9-23(21)26-24/h1-16,25H. The molecule has 0 aliphatic rings. The largest absolute Gasteiger partial charge is 0.356 e. The molecule has 0 spiro atoms. The Morgan fingerprint density at radius 3 is 2.00 bits per heavy atom. The second kappa shape index (κ2) is 6.32. The molecule has 1 aromatic heterocycles. The van der Waals surface area contributed by atoms with Gasteiger partial charge in [-0.05, 0) is 53.6 Å². The normalized spacial score (nSPS) is 11.1. The molecule has 0 amide bonds. The van der Waals surface area contributed by atoms with Gasteiger partial charge in [-0.15, -0.1) is 11.3 Å². The third-order valence-corrected chi connectivity index (χ3v) is 5.81. The smallest absolute Gasteiger partial charge is 0.0384 e. The molecule has 0 saturated heterocycles. The van der Waals surface area contributed by atoms with Gasteiger partial charge in [0.15, 0.2) is 0 Å². The van der Waals surface area contributed by atoms with Crippen molar-refractivity contribution in [3.8, 4) is 11.1 Å². The minimum Gasteiger partial charge on any atom is -0.356 e. The third-order valence-electron chi connectivity index (χ3n) is 4.66. The van der Waals surface area contributed by atoms with Gasteiger partial charge in [0.25, 0.3) is 0 Å². The Morgan fingerprint density at radius 1 is 0.500 bits per heavy atom. The Labute approximate surface area is 156 Å². The monoisotopic (exact) mass is 351 g/mol. The van der Waals surface area contributed by atoms with E-state index in [1.807, 2.05) is 29.5 Å². The molecular formula is C24H17NS. The van der Waals surface area contributed by atoms with Crippen molar-refractivity contribution in [2.24, 2.45) is 0 Å². The molecule has 1 N–H and O–H groups in total. The van der Waals surface area contributed by atoms with E-state index in [0.717, 1.165) is 11.4 Å². The zero-order chi connectivity index (χ0) is 17.3. The van der Waals surface area contributed by atoms with Crippen molar-refractivity contribution in [1.82, 2.24) is 0 Å². The van der Waals surface area contributed by atoms with E-state index < -0.39 is 0 Å². The lowest BCUT2D eigenvalue weighted by Crippen LogP contribution is -1.89. The average molecular weight is 351 g/mol. The highest BCUT2D eigenvalue weighted by Gasteiger charge is 2.06. The van der Waals surface area contributed by atoms with E-state index in [2.05, 4.69) is 84.2 Å². The zero-order valence-electron chi connectivity index (χ0n) is 14.1. The molecule has 1 heterocycles. The quantitative estimate of drug-likeness (QED) is 0.355. The molecule has 0 aliphatic heterocycles. The molecule has 0 fully saturated rings. The van der Waals surface area contributed by atoms with Crippen LogP contribution in [-0.2, 0) is 0 Å². The lowest BCUT2D eigenvalue weighted by Gasteiger charge is -2.08. The number of fused-ring (bicyclic) bond motifs is 3. The zero-order valence-corrected chi connectivity index (χ0v) is 15.0. The van der Waals surface area contributed by atoms with Crippen LogP contribution in [0.4, 0.5) is 11.4 Å². The summed E-state index contributed by atoms with van der Waals surface area (Å²) in [5.41, 5.74) is 4.70. The minimum atomic E-state index is 1.10. The SMILES string of the molecule is c1ccc(Nc2ccc(-c3ccc4sc5ccccc5c4c3)cc2)cc1. The van der Waals surface area contributed by atoms with Crippen molar-refractivity contribution in [2.45, 2.75) is 0 Å². The van der Waals surface area contributed by atoms with E-state index in [1.165, 1.54) is 31.3 Å². The summed E-state index contributed by atoms with van der Waals surface area (Å²) in [7, 11) is 0. The summed E-state index contributed by atoms with van der Waals surface area (Å²) in [5, 5.41) is 6.12. The van der Waals surface area contributed by atoms with Crippen LogP contribution in [0.3, 0.4) is 0 Å². The average Bonchev–Trinajstić information content (AvgIpc) is 3.07. The second-order valence-corrected chi connectivity index (χ2v) is 7.46. The maximum Gasteiger partial charge on any atom is 0.0384 e. The summed E-state index contributed by atoms with van der Waals surface area (Å²) < 4.78 is 2.69. The molecule has 5 rings (SSSR count). The molecule has 0 aliphatic carbocycles. The first-order valence-corrected chi connectivity index (χ1v) is 9.52. The van der Waals surface area contributed by atoms with Crippen molar-refractivity contribution in [2.75, 3.05) is 5.32 Å². The Morgan fingerprint density at radius 2 is 1.15 bits per heavy atom. The maximum atomic E-state index is 3.43. The van der Waals surface area contributed by atoms with Crippen LogP contribution in [0.15, 0.2) is 97.1 Å². The lowest BCUT2D eigenvalue weighted by atomic mass is 10.0. The summed E-state index contributed by atoms with van der Waals surface area (Å²) in [4.78, 5) is 0. The first-order chi connectivity index (χ1) is 12.9. The Balaban J connectivity index is 1.50. The van der Waals surface area contributed by atoms with Crippen LogP contribution in [0, 0.1) is 0 Å². The maximum absolute atomic E-state index is 3.43. The van der Waals surface area contributed by atoms with E-state index in [-0.39, 0.29) is 0 Å². The van der Waals surface area contributed by atoms with Gasteiger partial charge in [-0.2, -0.15) is 0 Å². The van der Waals surface area contributed by atoms with Crippen molar-refractivity contribution in [1.29, 1.82) is 0 Å². The number of para-hydroxylation sites is 1. The predicted octanol–water partition coefficient (Wildman–Crippen LogP) is 7.47. The van der Waals surface area contributed by atoms with Crippen molar-refractivity contribution in [3.63, 3.8) is 0 Å². The number of benzene rings is 4. The summed E-state index contributed by atoms with van der Waals surface area (Å²) in [5.74, 6) is 0. The first kappa shape index (κ1) is 15.2. The summed E-state index contributed by atoms with van der Waals surface area (Å²) in [6.45, 7) is 0. The van der Waals surface area contributed by atoms with Crippen LogP contribution in [0.2, 0.25) is 0 Å². The van der Waals surface area contributed by atoms with Gasteiger partial charge in [0.05, 0.1) is 0 Å². The molecular weight excluding hydrogens is 334 g/mol. The van der Waals surface area contributed by atoms with Gasteiger partial charge in [-0.25, -0.2) is 0 Å². The Kier molecular flexibility index (Phi) is 3.69. The molecule has 4 aromatic carbocycles. The number of rotatable bonds is 3. The highest BCUT2D eigenvalue weighted by Crippen LogP contribution is 2.36. The van der Waals surface area contributed by atoms with E-state index >= 15 is 0 Å². The fourth-order valence-electron chi connectivity index (χ4n) is 3.34. The van der Waals surface area contributed by atoms with Crippen LogP contribution in [0.5, 0.6) is 0 Å². The lowest BCUT2D eigenvalue weighted by molar-refractivity contribution is 1.54. The van der Waals surface area contributed by atoms with Gasteiger partial charge >= 0.3 is 0 Å². The van der Waals surface area contributed by atoms with Crippen LogP contribution in [0.1, 0.15) is 0 Å². The van der Waals surface area contributed by atoms with Crippen molar-refractivity contribution >= 4 is 42.9 Å². The van der Waals surface area contributed by atoms with E-state index in [4.69, 9.17) is 0 Å². The van der Waals surface area contributed by atoms with Gasteiger partial charge < -0.3 is 5.32 Å². The summed E-state index contributed by atoms with van der Waals surface area (Å²) in [6.07, 6.45) is 0. The Bertz CT molecular complexity index is 1190. The molecule has 0 bridgehead atoms. The number of nitrogens with one attached hydrogen (secondary N) is 1. The highest BCUT2D eigenvalue weighted by molar-refractivity contribution is 7.25. The van der Waals surface area contributed by atoms with Crippen molar-refractivity contribution < 1.29 is 0 Å². The van der Waals surface area contributed by atoms with Gasteiger partial charge in [0.1, 0.15) is 0 Å². The number of thiophene rings is 1. The molecule has 124 valence electrons.